The second kappa shape index (κ2) is 8.20. The van der Waals surface area contributed by atoms with Crippen LogP contribution in [-0.4, -0.2) is 5.91 Å². The van der Waals surface area contributed by atoms with Gasteiger partial charge in [0, 0.05) is 11.9 Å². The molecule has 1 amide bonds. The van der Waals surface area contributed by atoms with E-state index >= 15 is 0 Å². The zero-order valence-corrected chi connectivity index (χ0v) is 16.1. The van der Waals surface area contributed by atoms with Gasteiger partial charge in [0.2, 0.25) is 0 Å². The minimum absolute atomic E-state index is 0.0459. The number of halogens is 1. The molecule has 2 N–H and O–H groups in total. The number of rotatable bonds is 5. The fraction of sp³-hybridized carbons (Fsp3) is 0.0435. The SMILES string of the molecule is O=C(Nc1c(NCc2ccccc2)c2ccccc2oc1=O)c1ccccc1Cl. The second-order valence-electron chi connectivity index (χ2n) is 6.41. The normalized spacial score (nSPS) is 10.7. The monoisotopic (exact) mass is 404 g/mol. The summed E-state index contributed by atoms with van der Waals surface area (Å²) in [4.78, 5) is 25.4. The molecule has 1 heterocycles. The van der Waals surface area contributed by atoms with Gasteiger partial charge in [-0.05, 0) is 29.8 Å². The van der Waals surface area contributed by atoms with Gasteiger partial charge < -0.3 is 15.1 Å². The first-order chi connectivity index (χ1) is 14.1. The number of fused-ring (bicyclic) bond motifs is 1. The van der Waals surface area contributed by atoms with Crippen molar-refractivity contribution in [1.29, 1.82) is 0 Å². The third-order valence-electron chi connectivity index (χ3n) is 4.48. The summed E-state index contributed by atoms with van der Waals surface area (Å²) < 4.78 is 5.41. The Hall–Kier alpha value is -3.57. The maximum absolute atomic E-state index is 12.7. The number of carbonyl (C=O) groups excluding carboxylic acids is 1. The van der Waals surface area contributed by atoms with E-state index in [2.05, 4.69) is 10.6 Å². The summed E-state index contributed by atoms with van der Waals surface area (Å²) in [5, 5.41) is 6.94. The van der Waals surface area contributed by atoms with Crippen LogP contribution >= 0.6 is 11.6 Å². The highest BCUT2D eigenvalue weighted by molar-refractivity contribution is 6.34. The van der Waals surface area contributed by atoms with Crippen LogP contribution in [-0.2, 0) is 6.54 Å². The number of para-hydroxylation sites is 1. The van der Waals surface area contributed by atoms with Gasteiger partial charge in [-0.25, -0.2) is 4.79 Å². The summed E-state index contributed by atoms with van der Waals surface area (Å²) in [6, 6.07) is 23.6. The minimum Gasteiger partial charge on any atom is -0.421 e. The Morgan fingerprint density at radius 1 is 0.862 bits per heavy atom. The average Bonchev–Trinajstić information content (AvgIpc) is 2.74. The van der Waals surface area contributed by atoms with Crippen molar-refractivity contribution in [3.8, 4) is 0 Å². The van der Waals surface area contributed by atoms with Gasteiger partial charge in [0.15, 0.2) is 5.69 Å². The molecule has 0 unspecified atom stereocenters. The van der Waals surface area contributed by atoms with Crippen LogP contribution in [0.3, 0.4) is 0 Å². The van der Waals surface area contributed by atoms with Crippen molar-refractivity contribution in [3.63, 3.8) is 0 Å². The van der Waals surface area contributed by atoms with Crippen molar-refractivity contribution in [2.24, 2.45) is 0 Å². The Bertz CT molecular complexity index is 1240. The highest BCUT2D eigenvalue weighted by Crippen LogP contribution is 2.30. The molecule has 5 nitrogen and oxygen atoms in total. The molecule has 0 spiro atoms. The smallest absolute Gasteiger partial charge is 0.362 e. The largest absolute Gasteiger partial charge is 0.421 e. The van der Waals surface area contributed by atoms with Crippen molar-refractivity contribution in [2.75, 3.05) is 10.6 Å². The molecule has 3 aromatic carbocycles. The van der Waals surface area contributed by atoms with Crippen molar-refractivity contribution >= 4 is 39.9 Å². The van der Waals surface area contributed by atoms with E-state index in [1.54, 1.807) is 36.4 Å². The van der Waals surface area contributed by atoms with E-state index in [1.807, 2.05) is 42.5 Å². The number of anilines is 2. The van der Waals surface area contributed by atoms with Gasteiger partial charge in [0.25, 0.3) is 5.91 Å². The summed E-state index contributed by atoms with van der Waals surface area (Å²) in [6.07, 6.45) is 0. The van der Waals surface area contributed by atoms with E-state index in [0.717, 1.165) is 5.56 Å². The molecular weight excluding hydrogens is 388 g/mol. The molecule has 4 aromatic rings. The molecule has 1 aromatic heterocycles. The number of hydrogen-bond acceptors (Lipinski definition) is 4. The first-order valence-electron chi connectivity index (χ1n) is 9.03. The van der Waals surface area contributed by atoms with Crippen LogP contribution in [0, 0.1) is 0 Å². The lowest BCUT2D eigenvalue weighted by Crippen LogP contribution is -2.20. The molecule has 0 atom stereocenters. The zero-order valence-electron chi connectivity index (χ0n) is 15.3. The summed E-state index contributed by atoms with van der Waals surface area (Å²) in [7, 11) is 0. The summed E-state index contributed by atoms with van der Waals surface area (Å²) >= 11 is 6.12. The van der Waals surface area contributed by atoms with Gasteiger partial charge in [0.05, 0.1) is 16.3 Å². The van der Waals surface area contributed by atoms with Crippen LogP contribution in [0.2, 0.25) is 5.02 Å². The van der Waals surface area contributed by atoms with Gasteiger partial charge in [-0.2, -0.15) is 0 Å². The highest BCUT2D eigenvalue weighted by atomic mass is 35.5. The quantitative estimate of drug-likeness (QED) is 0.442. The molecule has 6 heteroatoms. The third-order valence-corrected chi connectivity index (χ3v) is 4.81. The zero-order chi connectivity index (χ0) is 20.2. The van der Waals surface area contributed by atoms with Crippen LogP contribution in [0.25, 0.3) is 11.0 Å². The van der Waals surface area contributed by atoms with Crippen LogP contribution < -0.4 is 16.3 Å². The van der Waals surface area contributed by atoms with Crippen LogP contribution in [0.5, 0.6) is 0 Å². The van der Waals surface area contributed by atoms with Gasteiger partial charge in [-0.1, -0.05) is 66.2 Å². The molecule has 0 radical (unpaired) electrons. The van der Waals surface area contributed by atoms with Gasteiger partial charge in [0.1, 0.15) is 5.58 Å². The number of benzene rings is 3. The third kappa shape index (κ3) is 4.00. The van der Waals surface area contributed by atoms with E-state index in [1.165, 1.54) is 0 Å². The lowest BCUT2D eigenvalue weighted by atomic mass is 10.1. The van der Waals surface area contributed by atoms with Gasteiger partial charge in [-0.3, -0.25) is 4.79 Å². The van der Waals surface area contributed by atoms with Crippen molar-refractivity contribution < 1.29 is 9.21 Å². The minimum atomic E-state index is -0.639. The molecule has 4 rings (SSSR count). The topological polar surface area (TPSA) is 71.3 Å². The second-order valence-corrected chi connectivity index (χ2v) is 6.82. The Morgan fingerprint density at radius 2 is 1.55 bits per heavy atom. The first-order valence-corrected chi connectivity index (χ1v) is 9.41. The molecule has 0 aliphatic carbocycles. The van der Waals surface area contributed by atoms with E-state index in [4.69, 9.17) is 16.0 Å². The first kappa shape index (κ1) is 18.8. The van der Waals surface area contributed by atoms with Crippen LogP contribution in [0.4, 0.5) is 11.4 Å². The molecule has 0 bridgehead atoms. The van der Waals surface area contributed by atoms with Crippen molar-refractivity contribution in [3.05, 3.63) is 105 Å². The Balaban J connectivity index is 1.76. The summed E-state index contributed by atoms with van der Waals surface area (Å²) in [5.74, 6) is -0.485. The average molecular weight is 405 g/mol. The fourth-order valence-corrected chi connectivity index (χ4v) is 3.28. The van der Waals surface area contributed by atoms with Gasteiger partial charge >= 0.3 is 5.63 Å². The maximum atomic E-state index is 12.7. The Labute approximate surface area is 171 Å². The number of amides is 1. The predicted molar refractivity (Wildman–Crippen MR) is 116 cm³/mol. The number of hydrogen-bond donors (Lipinski definition) is 2. The van der Waals surface area contributed by atoms with Crippen LogP contribution in [0.1, 0.15) is 15.9 Å². The molecular formula is C23H17ClN2O3. The Kier molecular flexibility index (Phi) is 5.31. The molecule has 0 aliphatic rings. The van der Waals surface area contributed by atoms with Crippen molar-refractivity contribution in [1.82, 2.24) is 0 Å². The van der Waals surface area contributed by atoms with E-state index in [-0.39, 0.29) is 11.3 Å². The van der Waals surface area contributed by atoms with Crippen LogP contribution in [0.15, 0.2) is 88.1 Å². The lowest BCUT2D eigenvalue weighted by molar-refractivity contribution is 0.102. The summed E-state index contributed by atoms with van der Waals surface area (Å²) in [6.45, 7) is 0.475. The number of nitrogens with one attached hydrogen (secondary N) is 2. The van der Waals surface area contributed by atoms with E-state index in [9.17, 15) is 9.59 Å². The molecule has 0 fully saturated rings. The Morgan fingerprint density at radius 3 is 2.34 bits per heavy atom. The van der Waals surface area contributed by atoms with E-state index < -0.39 is 11.5 Å². The molecule has 29 heavy (non-hydrogen) atoms. The standard InChI is InChI=1S/C23H17ClN2O3/c24-18-12-6-4-10-16(18)22(27)26-21-20(25-14-15-8-2-1-3-9-15)17-11-5-7-13-19(17)29-23(21)28/h1-13,25H,14H2,(H,26,27). The summed E-state index contributed by atoms with van der Waals surface area (Å²) in [5.41, 5.74) is 1.65. The maximum Gasteiger partial charge on any atom is 0.362 e. The molecule has 0 saturated heterocycles. The number of carbonyl (C=O) groups is 1. The predicted octanol–water partition coefficient (Wildman–Crippen LogP) is 5.31. The molecule has 0 aliphatic heterocycles. The molecule has 144 valence electrons. The highest BCUT2D eigenvalue weighted by Gasteiger charge is 2.19. The molecule has 0 saturated carbocycles. The fourth-order valence-electron chi connectivity index (χ4n) is 3.06. The van der Waals surface area contributed by atoms with E-state index in [0.29, 0.717) is 28.2 Å². The van der Waals surface area contributed by atoms with Gasteiger partial charge in [-0.15, -0.1) is 0 Å². The lowest BCUT2D eigenvalue weighted by Gasteiger charge is -2.15. The van der Waals surface area contributed by atoms with Crippen molar-refractivity contribution in [2.45, 2.75) is 6.54 Å².